The average Bonchev–Trinajstić information content (AvgIpc) is 3.12. The number of hydrogen-bond donors (Lipinski definition) is 0. The van der Waals surface area contributed by atoms with E-state index in [4.69, 9.17) is 16.3 Å². The molecule has 9 heteroatoms. The zero-order chi connectivity index (χ0) is 18.7. The molecule has 1 aliphatic heterocycles. The molecule has 26 heavy (non-hydrogen) atoms. The summed E-state index contributed by atoms with van der Waals surface area (Å²) < 4.78 is 32.4. The largest absolute Gasteiger partial charge is 0.379 e. The number of amides is 1. The molecule has 3 rings (SSSR count). The average molecular weight is 415 g/mol. The molecular weight excluding hydrogens is 396 g/mol. The van der Waals surface area contributed by atoms with Crippen molar-refractivity contribution in [3.8, 4) is 0 Å². The van der Waals surface area contributed by atoms with Crippen LogP contribution in [0.5, 0.6) is 0 Å². The SMILES string of the molecule is CN(Cc1cccc(Cl)c1)C(=O)c1sccc1S(=O)(=O)N1CCOCC1. The molecule has 2 heterocycles. The van der Waals surface area contributed by atoms with E-state index in [0.29, 0.717) is 37.9 Å². The highest BCUT2D eigenvalue weighted by Gasteiger charge is 2.32. The van der Waals surface area contributed by atoms with Crippen molar-refractivity contribution in [1.82, 2.24) is 9.21 Å². The highest BCUT2D eigenvalue weighted by molar-refractivity contribution is 7.89. The Balaban J connectivity index is 1.81. The van der Waals surface area contributed by atoms with Crippen LogP contribution in [0.2, 0.25) is 5.02 Å². The van der Waals surface area contributed by atoms with Gasteiger partial charge < -0.3 is 9.64 Å². The van der Waals surface area contributed by atoms with Gasteiger partial charge in [-0.1, -0.05) is 23.7 Å². The first-order valence-corrected chi connectivity index (χ1v) is 10.7. The van der Waals surface area contributed by atoms with E-state index in [1.54, 1.807) is 24.6 Å². The van der Waals surface area contributed by atoms with Crippen LogP contribution in [0.4, 0.5) is 0 Å². The summed E-state index contributed by atoms with van der Waals surface area (Å²) in [5.74, 6) is -0.327. The molecule has 6 nitrogen and oxygen atoms in total. The van der Waals surface area contributed by atoms with Crippen LogP contribution in [-0.2, 0) is 21.3 Å². The smallest absolute Gasteiger partial charge is 0.265 e. The lowest BCUT2D eigenvalue weighted by atomic mass is 10.2. The maximum atomic E-state index is 12.9. The van der Waals surface area contributed by atoms with Crippen molar-refractivity contribution in [2.75, 3.05) is 33.4 Å². The van der Waals surface area contributed by atoms with E-state index in [1.807, 2.05) is 12.1 Å². The molecule has 0 atom stereocenters. The van der Waals surface area contributed by atoms with Crippen molar-refractivity contribution in [2.45, 2.75) is 11.4 Å². The minimum atomic E-state index is -3.71. The molecule has 1 aliphatic rings. The number of halogens is 1. The molecule has 1 aromatic carbocycles. The monoisotopic (exact) mass is 414 g/mol. The summed E-state index contributed by atoms with van der Waals surface area (Å²) in [5.41, 5.74) is 0.877. The van der Waals surface area contributed by atoms with Crippen LogP contribution in [0.15, 0.2) is 40.6 Å². The molecule has 140 valence electrons. The van der Waals surface area contributed by atoms with E-state index in [9.17, 15) is 13.2 Å². The summed E-state index contributed by atoms with van der Waals surface area (Å²) in [5, 5.41) is 2.23. The lowest BCUT2D eigenvalue weighted by Gasteiger charge is -2.26. The predicted molar refractivity (Wildman–Crippen MR) is 101 cm³/mol. The third kappa shape index (κ3) is 4.10. The fourth-order valence-electron chi connectivity index (χ4n) is 2.74. The second-order valence-corrected chi connectivity index (χ2v) is 9.18. The van der Waals surface area contributed by atoms with Gasteiger partial charge in [-0.3, -0.25) is 4.79 Å². The van der Waals surface area contributed by atoms with Crippen molar-refractivity contribution in [1.29, 1.82) is 0 Å². The predicted octanol–water partition coefficient (Wildman–Crippen LogP) is 2.69. The van der Waals surface area contributed by atoms with Gasteiger partial charge >= 0.3 is 0 Å². The molecule has 1 saturated heterocycles. The summed E-state index contributed by atoms with van der Waals surface area (Å²) in [6.45, 7) is 1.66. The summed E-state index contributed by atoms with van der Waals surface area (Å²) in [6.07, 6.45) is 0. The van der Waals surface area contributed by atoms with Crippen molar-refractivity contribution < 1.29 is 17.9 Å². The fourth-order valence-corrected chi connectivity index (χ4v) is 5.75. The molecule has 0 radical (unpaired) electrons. The molecule has 0 spiro atoms. The molecule has 0 aliphatic carbocycles. The molecule has 0 N–H and O–H groups in total. The first-order chi connectivity index (χ1) is 12.4. The Kier molecular flexibility index (Phi) is 5.99. The van der Waals surface area contributed by atoms with E-state index < -0.39 is 10.0 Å². The number of rotatable bonds is 5. The number of carbonyl (C=O) groups is 1. The second-order valence-electron chi connectivity index (χ2n) is 5.92. The summed E-state index contributed by atoms with van der Waals surface area (Å²) >= 11 is 7.12. The van der Waals surface area contributed by atoms with E-state index in [1.165, 1.54) is 15.3 Å². The lowest BCUT2D eigenvalue weighted by Crippen LogP contribution is -2.41. The normalized spacial score (nSPS) is 15.8. The van der Waals surface area contributed by atoms with Gasteiger partial charge in [-0.15, -0.1) is 11.3 Å². The minimum Gasteiger partial charge on any atom is -0.379 e. The van der Waals surface area contributed by atoms with Gasteiger partial charge in [0.05, 0.1) is 13.2 Å². The number of ether oxygens (including phenoxy) is 1. The number of thiophene rings is 1. The Morgan fingerprint density at radius 1 is 1.31 bits per heavy atom. The van der Waals surface area contributed by atoms with Crippen molar-refractivity contribution >= 4 is 38.9 Å². The molecule has 1 amide bonds. The van der Waals surface area contributed by atoms with E-state index in [-0.39, 0.29) is 15.7 Å². The molecule has 1 fully saturated rings. The minimum absolute atomic E-state index is 0.0624. The van der Waals surface area contributed by atoms with E-state index in [0.717, 1.165) is 16.9 Å². The van der Waals surface area contributed by atoms with Gasteiger partial charge in [0.15, 0.2) is 0 Å². The van der Waals surface area contributed by atoms with Gasteiger partial charge in [0.1, 0.15) is 9.77 Å². The molecule has 1 aromatic heterocycles. The quantitative estimate of drug-likeness (QED) is 0.754. The van der Waals surface area contributed by atoms with Crippen LogP contribution in [0, 0.1) is 0 Å². The molecular formula is C17H19ClN2O4S2. The van der Waals surface area contributed by atoms with Gasteiger partial charge in [0, 0.05) is 31.7 Å². The van der Waals surface area contributed by atoms with Crippen LogP contribution in [-0.4, -0.2) is 56.9 Å². The van der Waals surface area contributed by atoms with Crippen molar-refractivity contribution in [2.24, 2.45) is 0 Å². The number of sulfonamides is 1. The number of morpholine rings is 1. The summed E-state index contributed by atoms with van der Waals surface area (Å²) in [7, 11) is -2.07. The standard InChI is InChI=1S/C17H19ClN2O4S2/c1-19(12-13-3-2-4-14(18)11-13)17(21)16-15(5-10-25-16)26(22,23)20-6-8-24-9-7-20/h2-5,10-11H,6-9,12H2,1H3. The first kappa shape index (κ1) is 19.3. The Hall–Kier alpha value is -1.45. The van der Waals surface area contributed by atoms with Crippen LogP contribution >= 0.6 is 22.9 Å². The molecule has 2 aromatic rings. The zero-order valence-corrected chi connectivity index (χ0v) is 16.6. The van der Waals surface area contributed by atoms with Gasteiger partial charge in [-0.2, -0.15) is 4.31 Å². The Labute approximate surface area is 162 Å². The Bertz CT molecular complexity index is 892. The van der Waals surface area contributed by atoms with E-state index >= 15 is 0 Å². The number of nitrogens with zero attached hydrogens (tertiary/aromatic N) is 2. The van der Waals surface area contributed by atoms with Gasteiger partial charge in [0.25, 0.3) is 5.91 Å². The topological polar surface area (TPSA) is 66.9 Å². The first-order valence-electron chi connectivity index (χ1n) is 8.05. The van der Waals surface area contributed by atoms with Gasteiger partial charge in [-0.25, -0.2) is 8.42 Å². The lowest BCUT2D eigenvalue weighted by molar-refractivity contribution is 0.0728. The van der Waals surface area contributed by atoms with Gasteiger partial charge in [0.2, 0.25) is 10.0 Å². The molecule has 0 bridgehead atoms. The highest BCUT2D eigenvalue weighted by atomic mass is 35.5. The van der Waals surface area contributed by atoms with E-state index in [2.05, 4.69) is 0 Å². The van der Waals surface area contributed by atoms with Crippen LogP contribution in [0.1, 0.15) is 15.2 Å². The number of carbonyl (C=O) groups excluding carboxylic acids is 1. The maximum Gasteiger partial charge on any atom is 0.265 e. The Morgan fingerprint density at radius 3 is 2.73 bits per heavy atom. The third-order valence-corrected chi connectivity index (χ3v) is 7.27. The van der Waals surface area contributed by atoms with Crippen molar-refractivity contribution in [3.63, 3.8) is 0 Å². The number of hydrogen-bond acceptors (Lipinski definition) is 5. The Morgan fingerprint density at radius 2 is 2.04 bits per heavy atom. The third-order valence-electron chi connectivity index (χ3n) is 4.07. The molecule has 0 unspecified atom stereocenters. The van der Waals surface area contributed by atoms with Crippen LogP contribution < -0.4 is 0 Å². The molecule has 0 saturated carbocycles. The summed E-state index contributed by atoms with van der Waals surface area (Å²) in [4.78, 5) is 14.6. The van der Waals surface area contributed by atoms with Crippen LogP contribution in [0.25, 0.3) is 0 Å². The number of benzene rings is 1. The summed E-state index contributed by atoms with van der Waals surface area (Å²) in [6, 6.07) is 8.73. The van der Waals surface area contributed by atoms with Crippen molar-refractivity contribution in [3.05, 3.63) is 51.2 Å². The maximum absolute atomic E-state index is 12.9. The highest BCUT2D eigenvalue weighted by Crippen LogP contribution is 2.27. The fraction of sp³-hybridized carbons (Fsp3) is 0.353. The zero-order valence-electron chi connectivity index (χ0n) is 14.2. The van der Waals surface area contributed by atoms with Gasteiger partial charge in [-0.05, 0) is 29.1 Å². The second kappa shape index (κ2) is 8.06. The van der Waals surface area contributed by atoms with Crippen LogP contribution in [0.3, 0.4) is 0 Å².